The van der Waals surface area contributed by atoms with Crippen LogP contribution in [-0.2, 0) is 21.5 Å². The Bertz CT molecular complexity index is 1400. The van der Waals surface area contributed by atoms with E-state index in [0.717, 1.165) is 43.8 Å². The predicted octanol–water partition coefficient (Wildman–Crippen LogP) is 6.15. The zero-order valence-electron chi connectivity index (χ0n) is 25.7. The van der Waals surface area contributed by atoms with E-state index in [1.165, 1.54) is 5.56 Å². The second-order valence-electron chi connectivity index (χ2n) is 12.5. The third-order valence-corrected chi connectivity index (χ3v) is 8.21. The van der Waals surface area contributed by atoms with E-state index >= 15 is 0 Å². The van der Waals surface area contributed by atoms with Gasteiger partial charge in [-0.25, -0.2) is 4.79 Å². The van der Waals surface area contributed by atoms with Gasteiger partial charge in [0.1, 0.15) is 11.4 Å². The number of carbonyl (C=O) groups is 2. The summed E-state index contributed by atoms with van der Waals surface area (Å²) in [6.45, 7) is 8.93. The summed E-state index contributed by atoms with van der Waals surface area (Å²) in [5.41, 5.74) is 0.726. The Morgan fingerprint density at radius 1 is 0.907 bits per heavy atom. The number of carbonyl (C=O) groups excluding carboxylic acids is 2. The maximum absolute atomic E-state index is 14.0. The molecule has 0 aromatic heterocycles. The zero-order chi connectivity index (χ0) is 30.5. The molecule has 0 aliphatic carbocycles. The van der Waals surface area contributed by atoms with Gasteiger partial charge in [-0.2, -0.15) is 0 Å². The Labute approximate surface area is 254 Å². The number of amides is 2. The molecule has 2 aliphatic heterocycles. The number of likely N-dealkylation sites (tertiary alicyclic amines) is 2. The van der Waals surface area contributed by atoms with Crippen molar-refractivity contribution in [2.75, 3.05) is 33.3 Å². The van der Waals surface area contributed by atoms with Gasteiger partial charge in [-0.05, 0) is 75.4 Å². The maximum Gasteiger partial charge on any atom is 0.410 e. The van der Waals surface area contributed by atoms with E-state index in [0.29, 0.717) is 31.0 Å². The van der Waals surface area contributed by atoms with Crippen LogP contribution in [-0.4, -0.2) is 66.7 Å². The topological polar surface area (TPSA) is 80.3 Å². The number of rotatable bonds is 8. The van der Waals surface area contributed by atoms with Crippen molar-refractivity contribution in [1.82, 2.24) is 15.1 Å². The summed E-state index contributed by atoms with van der Waals surface area (Å²) in [5.74, 6) is 2.14. The Hall–Kier alpha value is -4.04. The van der Waals surface area contributed by atoms with Crippen LogP contribution in [0.1, 0.15) is 51.2 Å². The lowest BCUT2D eigenvalue weighted by molar-refractivity contribution is -0.127. The molecule has 0 bridgehead atoms. The van der Waals surface area contributed by atoms with Crippen molar-refractivity contribution >= 4 is 12.0 Å². The zero-order valence-corrected chi connectivity index (χ0v) is 25.7. The summed E-state index contributed by atoms with van der Waals surface area (Å²) >= 11 is 0. The van der Waals surface area contributed by atoms with Gasteiger partial charge in [0.2, 0.25) is 5.91 Å². The number of ether oxygens (including phenoxy) is 3. The second kappa shape index (κ2) is 13.1. The second-order valence-corrected chi connectivity index (χ2v) is 12.5. The summed E-state index contributed by atoms with van der Waals surface area (Å²) < 4.78 is 17.2. The normalized spacial score (nSPS) is 19.6. The molecule has 2 amide bonds. The summed E-state index contributed by atoms with van der Waals surface area (Å²) in [6.07, 6.45) is 1.92. The molecule has 8 heteroatoms. The predicted molar refractivity (Wildman–Crippen MR) is 166 cm³/mol. The SMILES string of the molecule is COc1ccccc1Oc1cccc(CN2CCC(NC(=O)C3(c4ccccc4)CCN(C(=O)OC(C)(C)C)C3)CC2)c1. The van der Waals surface area contributed by atoms with Gasteiger partial charge in [0, 0.05) is 38.8 Å². The van der Waals surface area contributed by atoms with Crippen LogP contribution in [0.15, 0.2) is 78.9 Å². The maximum atomic E-state index is 14.0. The molecular formula is C35H43N3O5. The van der Waals surface area contributed by atoms with Crippen molar-refractivity contribution in [1.29, 1.82) is 0 Å². The van der Waals surface area contributed by atoms with E-state index < -0.39 is 11.0 Å². The minimum Gasteiger partial charge on any atom is -0.493 e. The summed E-state index contributed by atoms with van der Waals surface area (Å²) in [7, 11) is 1.64. The number of nitrogens with one attached hydrogen (secondary N) is 1. The number of piperidine rings is 1. The highest BCUT2D eigenvalue weighted by molar-refractivity contribution is 5.90. The average molecular weight is 586 g/mol. The minimum atomic E-state index is -0.794. The van der Waals surface area contributed by atoms with Crippen LogP contribution in [0, 0.1) is 0 Å². The van der Waals surface area contributed by atoms with E-state index in [9.17, 15) is 9.59 Å². The molecule has 1 atom stereocenters. The van der Waals surface area contributed by atoms with Crippen molar-refractivity contribution in [3.8, 4) is 17.2 Å². The van der Waals surface area contributed by atoms with Gasteiger partial charge in [-0.15, -0.1) is 0 Å². The van der Waals surface area contributed by atoms with Gasteiger partial charge in [0.15, 0.2) is 11.5 Å². The monoisotopic (exact) mass is 585 g/mol. The molecule has 43 heavy (non-hydrogen) atoms. The molecule has 2 saturated heterocycles. The van der Waals surface area contributed by atoms with E-state index in [-0.39, 0.29) is 18.0 Å². The molecule has 0 saturated carbocycles. The number of hydrogen-bond donors (Lipinski definition) is 1. The Morgan fingerprint density at radius 2 is 1.60 bits per heavy atom. The first-order valence-corrected chi connectivity index (χ1v) is 15.1. The van der Waals surface area contributed by atoms with Crippen LogP contribution in [0.5, 0.6) is 17.2 Å². The molecule has 228 valence electrons. The molecule has 1 N–H and O–H groups in total. The minimum absolute atomic E-state index is 0.00982. The van der Waals surface area contributed by atoms with E-state index in [1.54, 1.807) is 12.0 Å². The fraction of sp³-hybridized carbons (Fsp3) is 0.429. The van der Waals surface area contributed by atoms with Crippen LogP contribution < -0.4 is 14.8 Å². The molecule has 5 rings (SSSR count). The van der Waals surface area contributed by atoms with Crippen molar-refractivity contribution in [2.24, 2.45) is 0 Å². The Kier molecular flexibility index (Phi) is 9.25. The van der Waals surface area contributed by atoms with Crippen molar-refractivity contribution in [3.05, 3.63) is 90.0 Å². The first kappa shape index (κ1) is 30.4. The molecule has 3 aromatic carbocycles. The van der Waals surface area contributed by atoms with Crippen molar-refractivity contribution < 1.29 is 23.8 Å². The van der Waals surface area contributed by atoms with Crippen LogP contribution in [0.25, 0.3) is 0 Å². The number of hydrogen-bond acceptors (Lipinski definition) is 6. The van der Waals surface area contributed by atoms with Crippen LogP contribution in [0.3, 0.4) is 0 Å². The first-order valence-electron chi connectivity index (χ1n) is 15.1. The van der Waals surface area contributed by atoms with Crippen molar-refractivity contribution in [3.63, 3.8) is 0 Å². The van der Waals surface area contributed by atoms with E-state index in [1.807, 2.05) is 87.5 Å². The highest BCUT2D eigenvalue weighted by atomic mass is 16.6. The van der Waals surface area contributed by atoms with Gasteiger partial charge in [0.25, 0.3) is 0 Å². The first-order chi connectivity index (χ1) is 20.6. The fourth-order valence-corrected chi connectivity index (χ4v) is 5.96. The van der Waals surface area contributed by atoms with Crippen LogP contribution >= 0.6 is 0 Å². The third-order valence-electron chi connectivity index (χ3n) is 8.21. The summed E-state index contributed by atoms with van der Waals surface area (Å²) in [6, 6.07) is 25.7. The molecule has 2 heterocycles. The van der Waals surface area contributed by atoms with Gasteiger partial charge < -0.3 is 24.4 Å². The molecular weight excluding hydrogens is 542 g/mol. The lowest BCUT2D eigenvalue weighted by Crippen LogP contribution is -2.52. The summed E-state index contributed by atoms with van der Waals surface area (Å²) in [5, 5.41) is 3.36. The fourth-order valence-electron chi connectivity index (χ4n) is 5.96. The summed E-state index contributed by atoms with van der Waals surface area (Å²) in [4.78, 5) is 30.9. The van der Waals surface area contributed by atoms with Crippen LogP contribution in [0.2, 0.25) is 0 Å². The van der Waals surface area contributed by atoms with E-state index in [2.05, 4.69) is 22.3 Å². The Morgan fingerprint density at radius 3 is 2.30 bits per heavy atom. The molecule has 3 aromatic rings. The lowest BCUT2D eigenvalue weighted by Gasteiger charge is -2.35. The number of nitrogens with zero attached hydrogens (tertiary/aromatic N) is 2. The number of benzene rings is 3. The van der Waals surface area contributed by atoms with Gasteiger partial charge >= 0.3 is 6.09 Å². The molecule has 8 nitrogen and oxygen atoms in total. The third kappa shape index (κ3) is 7.49. The van der Waals surface area contributed by atoms with Gasteiger partial charge in [-0.1, -0.05) is 54.6 Å². The molecule has 0 radical (unpaired) electrons. The van der Waals surface area contributed by atoms with Crippen LogP contribution in [0.4, 0.5) is 4.79 Å². The van der Waals surface area contributed by atoms with Crippen molar-refractivity contribution in [2.45, 2.75) is 63.6 Å². The highest BCUT2D eigenvalue weighted by Crippen LogP contribution is 2.36. The highest BCUT2D eigenvalue weighted by Gasteiger charge is 2.48. The molecule has 1 unspecified atom stereocenters. The quantitative estimate of drug-likeness (QED) is 0.342. The number of para-hydroxylation sites is 2. The largest absolute Gasteiger partial charge is 0.493 e. The average Bonchev–Trinajstić information content (AvgIpc) is 3.46. The van der Waals surface area contributed by atoms with Gasteiger partial charge in [-0.3, -0.25) is 9.69 Å². The van der Waals surface area contributed by atoms with Gasteiger partial charge in [0.05, 0.1) is 12.5 Å². The molecule has 0 spiro atoms. The number of methoxy groups -OCH3 is 1. The van der Waals surface area contributed by atoms with E-state index in [4.69, 9.17) is 14.2 Å². The standard InChI is InChI=1S/C35H43N3O5/c1-34(2,3)43-33(40)38-22-19-35(25-38,27-12-6-5-7-13-27)32(39)36-28-17-20-37(21-18-28)24-26-11-10-14-29(23-26)42-31-16-9-8-15-30(31)41-4/h5-16,23,28H,17-22,24-25H2,1-4H3,(H,36,39). The smallest absolute Gasteiger partial charge is 0.410 e. The lowest BCUT2D eigenvalue weighted by atomic mass is 9.78. The molecule has 2 fully saturated rings. The molecule has 2 aliphatic rings. The Balaban J connectivity index is 1.18.